The van der Waals surface area contributed by atoms with Gasteiger partial charge in [0.2, 0.25) is 0 Å². The zero-order chi connectivity index (χ0) is 22.5. The van der Waals surface area contributed by atoms with Gasteiger partial charge in [-0.15, -0.1) is 0 Å². The van der Waals surface area contributed by atoms with E-state index in [1.165, 1.54) is 16.7 Å². The Balaban J connectivity index is 1.55. The number of nitrogens with one attached hydrogen (secondary N) is 1. The molecule has 0 radical (unpaired) electrons. The molecule has 5 aromatic rings. The van der Waals surface area contributed by atoms with Crippen molar-refractivity contribution in [3.63, 3.8) is 0 Å². The van der Waals surface area contributed by atoms with E-state index in [1.54, 1.807) is 0 Å². The summed E-state index contributed by atoms with van der Waals surface area (Å²) in [5, 5.41) is 12.9. The molecule has 0 unspecified atom stereocenters. The van der Waals surface area contributed by atoms with E-state index in [2.05, 4.69) is 84.2 Å². The quantitative estimate of drug-likeness (QED) is 0.309. The molecule has 0 spiro atoms. The molecule has 2 heteroatoms. The van der Waals surface area contributed by atoms with Crippen molar-refractivity contribution in [1.82, 2.24) is 0 Å². The van der Waals surface area contributed by atoms with Crippen LogP contribution in [0.25, 0.3) is 33.4 Å². The van der Waals surface area contributed by atoms with Crippen LogP contribution in [0.4, 0.5) is 11.4 Å². The lowest BCUT2D eigenvalue weighted by Gasteiger charge is -2.14. The van der Waals surface area contributed by atoms with E-state index in [0.29, 0.717) is 5.56 Å². The van der Waals surface area contributed by atoms with Crippen molar-refractivity contribution in [2.45, 2.75) is 0 Å². The maximum atomic E-state index is 9.42. The third kappa shape index (κ3) is 4.54. The van der Waals surface area contributed by atoms with Gasteiger partial charge in [0.1, 0.15) is 0 Å². The fourth-order valence-electron chi connectivity index (χ4n) is 4.02. The van der Waals surface area contributed by atoms with Gasteiger partial charge in [-0.2, -0.15) is 5.26 Å². The van der Waals surface area contributed by atoms with E-state index in [4.69, 9.17) is 0 Å². The molecule has 5 rings (SSSR count). The van der Waals surface area contributed by atoms with Crippen molar-refractivity contribution in [3.8, 4) is 39.4 Å². The zero-order valence-electron chi connectivity index (χ0n) is 18.1. The van der Waals surface area contributed by atoms with Gasteiger partial charge < -0.3 is 5.32 Å². The Morgan fingerprint density at radius 1 is 0.485 bits per heavy atom. The predicted octanol–water partition coefficient (Wildman–Crippen LogP) is 8.30. The van der Waals surface area contributed by atoms with Crippen molar-refractivity contribution in [1.29, 1.82) is 5.26 Å². The Morgan fingerprint density at radius 3 is 1.70 bits per heavy atom. The minimum atomic E-state index is 0.629. The molecule has 0 bridgehead atoms. The van der Waals surface area contributed by atoms with Gasteiger partial charge in [-0.3, -0.25) is 0 Å². The molecule has 33 heavy (non-hydrogen) atoms. The van der Waals surface area contributed by atoms with E-state index in [9.17, 15) is 5.26 Å². The van der Waals surface area contributed by atoms with Crippen molar-refractivity contribution < 1.29 is 0 Å². The summed E-state index contributed by atoms with van der Waals surface area (Å²) in [6.07, 6.45) is 0. The monoisotopic (exact) mass is 422 g/mol. The summed E-state index contributed by atoms with van der Waals surface area (Å²) in [4.78, 5) is 0. The highest BCUT2D eigenvalue weighted by Crippen LogP contribution is 2.34. The molecule has 0 aliphatic carbocycles. The van der Waals surface area contributed by atoms with E-state index < -0.39 is 0 Å². The lowest BCUT2D eigenvalue weighted by molar-refractivity contribution is 1.47. The SMILES string of the molecule is N#Cc1ccc(-c2cccc(-c3cccc(-c4ccccc4)c3)c2)c(Nc2ccccc2)c1. The topological polar surface area (TPSA) is 35.8 Å². The molecule has 0 aliphatic rings. The molecule has 0 amide bonds. The van der Waals surface area contributed by atoms with Gasteiger partial charge in [0.15, 0.2) is 0 Å². The number of benzene rings is 5. The molecule has 0 atom stereocenters. The number of nitrogens with zero attached hydrogens (tertiary/aromatic N) is 1. The van der Waals surface area contributed by atoms with Crippen LogP contribution < -0.4 is 5.32 Å². The molecule has 0 aromatic heterocycles. The number of para-hydroxylation sites is 1. The minimum absolute atomic E-state index is 0.629. The van der Waals surface area contributed by atoms with E-state index in [0.717, 1.165) is 28.1 Å². The lowest BCUT2D eigenvalue weighted by Crippen LogP contribution is -1.94. The smallest absolute Gasteiger partial charge is 0.0992 e. The van der Waals surface area contributed by atoms with Crippen LogP contribution in [0.15, 0.2) is 127 Å². The average Bonchev–Trinajstić information content (AvgIpc) is 2.90. The van der Waals surface area contributed by atoms with Gasteiger partial charge >= 0.3 is 0 Å². The van der Waals surface area contributed by atoms with Crippen LogP contribution in [0, 0.1) is 11.3 Å². The summed E-state index contributed by atoms with van der Waals surface area (Å²) in [6, 6.07) is 45.7. The van der Waals surface area contributed by atoms with Crippen molar-refractivity contribution in [3.05, 3.63) is 133 Å². The summed E-state index contributed by atoms with van der Waals surface area (Å²) < 4.78 is 0. The van der Waals surface area contributed by atoms with Gasteiger partial charge in [0.25, 0.3) is 0 Å². The molecule has 156 valence electrons. The van der Waals surface area contributed by atoms with Crippen LogP contribution >= 0.6 is 0 Å². The van der Waals surface area contributed by atoms with E-state index >= 15 is 0 Å². The van der Waals surface area contributed by atoms with Gasteiger partial charge in [-0.1, -0.05) is 91.0 Å². The minimum Gasteiger partial charge on any atom is -0.355 e. The summed E-state index contributed by atoms with van der Waals surface area (Å²) in [7, 11) is 0. The van der Waals surface area contributed by atoms with Gasteiger partial charge in [0.05, 0.1) is 11.6 Å². The number of nitriles is 1. The molecular formula is C31H22N2. The highest BCUT2D eigenvalue weighted by molar-refractivity contribution is 5.85. The first-order valence-corrected chi connectivity index (χ1v) is 10.9. The maximum absolute atomic E-state index is 9.42. The first-order chi connectivity index (χ1) is 16.3. The average molecular weight is 423 g/mol. The van der Waals surface area contributed by atoms with Gasteiger partial charge in [0, 0.05) is 16.9 Å². The van der Waals surface area contributed by atoms with Gasteiger partial charge in [-0.05, 0) is 64.2 Å². The lowest BCUT2D eigenvalue weighted by atomic mass is 9.95. The van der Waals surface area contributed by atoms with Crippen molar-refractivity contribution >= 4 is 11.4 Å². The van der Waals surface area contributed by atoms with Crippen molar-refractivity contribution in [2.24, 2.45) is 0 Å². The highest BCUT2D eigenvalue weighted by Gasteiger charge is 2.09. The molecule has 0 aliphatic heterocycles. The van der Waals surface area contributed by atoms with Crippen LogP contribution in [0.1, 0.15) is 5.56 Å². The summed E-state index contributed by atoms with van der Waals surface area (Å²) in [5.41, 5.74) is 9.41. The third-order valence-corrected chi connectivity index (χ3v) is 5.68. The third-order valence-electron chi connectivity index (χ3n) is 5.68. The Hall–Kier alpha value is -4.61. The number of anilines is 2. The second-order valence-corrected chi connectivity index (χ2v) is 7.89. The van der Waals surface area contributed by atoms with Crippen LogP contribution in [0.2, 0.25) is 0 Å². The first kappa shape index (κ1) is 20.3. The first-order valence-electron chi connectivity index (χ1n) is 10.9. The number of hydrogen-bond donors (Lipinski definition) is 1. The Bertz CT molecular complexity index is 1430. The molecule has 2 nitrogen and oxygen atoms in total. The molecule has 0 saturated heterocycles. The molecule has 1 N–H and O–H groups in total. The van der Waals surface area contributed by atoms with Crippen molar-refractivity contribution in [2.75, 3.05) is 5.32 Å². The molecule has 0 heterocycles. The summed E-state index contributed by atoms with van der Waals surface area (Å²) in [6.45, 7) is 0. The number of hydrogen-bond acceptors (Lipinski definition) is 2. The fraction of sp³-hybridized carbons (Fsp3) is 0. The second kappa shape index (κ2) is 9.26. The van der Waals surface area contributed by atoms with Crippen LogP contribution in [0.5, 0.6) is 0 Å². The zero-order valence-corrected chi connectivity index (χ0v) is 18.1. The maximum Gasteiger partial charge on any atom is 0.0992 e. The Labute approximate surface area is 194 Å². The summed E-state index contributed by atoms with van der Waals surface area (Å²) >= 11 is 0. The Kier molecular flexibility index (Phi) is 5.70. The molecule has 5 aromatic carbocycles. The summed E-state index contributed by atoms with van der Waals surface area (Å²) in [5.74, 6) is 0. The van der Waals surface area contributed by atoms with E-state index in [1.807, 2.05) is 54.6 Å². The molecule has 0 saturated carbocycles. The van der Waals surface area contributed by atoms with Gasteiger partial charge in [-0.25, -0.2) is 0 Å². The van der Waals surface area contributed by atoms with Crippen LogP contribution in [-0.2, 0) is 0 Å². The fourth-order valence-corrected chi connectivity index (χ4v) is 4.02. The standard InChI is InChI=1S/C31H22N2/c32-22-23-17-18-30(31(19-23)33-29-15-5-2-6-16-29)28-14-8-13-27(21-28)26-12-7-11-25(20-26)24-9-3-1-4-10-24/h1-21,33H. The van der Waals surface area contributed by atoms with E-state index in [-0.39, 0.29) is 0 Å². The van der Waals surface area contributed by atoms with Crippen LogP contribution in [-0.4, -0.2) is 0 Å². The number of rotatable bonds is 5. The van der Waals surface area contributed by atoms with Crippen LogP contribution in [0.3, 0.4) is 0 Å². The Morgan fingerprint density at radius 2 is 1.03 bits per heavy atom. The predicted molar refractivity (Wildman–Crippen MR) is 137 cm³/mol. The normalized spacial score (nSPS) is 10.4. The second-order valence-electron chi connectivity index (χ2n) is 7.89. The highest BCUT2D eigenvalue weighted by atomic mass is 14.9. The molecular weight excluding hydrogens is 400 g/mol. The largest absolute Gasteiger partial charge is 0.355 e. The molecule has 0 fully saturated rings.